The number of imidazole rings is 1. The Labute approximate surface area is 182 Å². The number of nitrogens with zero attached hydrogens (tertiary/aromatic N) is 3. The summed E-state index contributed by atoms with van der Waals surface area (Å²) in [5, 5.41) is 14.8. The van der Waals surface area contributed by atoms with Gasteiger partial charge < -0.3 is 33.6 Å². The van der Waals surface area contributed by atoms with E-state index in [-0.39, 0.29) is 25.8 Å². The van der Waals surface area contributed by atoms with Gasteiger partial charge in [0.1, 0.15) is 0 Å². The fourth-order valence-electron chi connectivity index (χ4n) is 3.67. The zero-order valence-corrected chi connectivity index (χ0v) is 17.2. The molecule has 0 fully saturated rings. The third-order valence-electron chi connectivity index (χ3n) is 5.25. The van der Waals surface area contributed by atoms with Crippen LogP contribution in [0.15, 0.2) is 36.5 Å². The van der Waals surface area contributed by atoms with Gasteiger partial charge in [0.05, 0.1) is 35.1 Å². The van der Waals surface area contributed by atoms with Gasteiger partial charge in [0.25, 0.3) is 5.69 Å². The lowest BCUT2D eigenvalue weighted by molar-refractivity contribution is -0.385. The minimum absolute atomic E-state index is 0.0453. The molecule has 0 bridgehead atoms. The van der Waals surface area contributed by atoms with E-state index in [9.17, 15) is 10.1 Å². The largest absolute Gasteiger partial charge is 0.454 e. The van der Waals surface area contributed by atoms with Crippen LogP contribution in [0.25, 0.3) is 11.3 Å². The molecule has 0 saturated carbocycles. The molecule has 32 heavy (non-hydrogen) atoms. The summed E-state index contributed by atoms with van der Waals surface area (Å²) >= 11 is 0. The second-order valence-electron chi connectivity index (χ2n) is 7.12. The maximum Gasteiger partial charge on any atom is 0.278 e. The first-order chi connectivity index (χ1) is 15.6. The second-order valence-corrected chi connectivity index (χ2v) is 7.12. The number of nitro groups is 1. The Bertz CT molecular complexity index is 1180. The van der Waals surface area contributed by atoms with E-state index >= 15 is 0 Å². The minimum Gasteiger partial charge on any atom is -0.454 e. The molecule has 166 valence electrons. The number of aromatic nitrogens is 2. The fraction of sp³-hybridized carbons (Fsp3) is 0.286. The lowest BCUT2D eigenvalue weighted by atomic mass is 10.1. The van der Waals surface area contributed by atoms with Crippen LogP contribution in [-0.4, -0.2) is 41.8 Å². The number of benzene rings is 2. The SMILES string of the molecule is COCCn1c(-c2ccc3c(c2)OCO3)cnc1NCc1cc2c(cc1[N+](=O)[O-])OCO2. The Hall–Kier alpha value is -3.99. The van der Waals surface area contributed by atoms with E-state index in [1.165, 1.54) is 6.07 Å². The van der Waals surface area contributed by atoms with Crippen molar-refractivity contribution >= 4 is 11.6 Å². The molecule has 0 radical (unpaired) electrons. The zero-order chi connectivity index (χ0) is 22.1. The van der Waals surface area contributed by atoms with Crippen LogP contribution in [0.1, 0.15) is 5.56 Å². The Balaban J connectivity index is 1.44. The summed E-state index contributed by atoms with van der Waals surface area (Å²) in [5.74, 6) is 2.78. The molecule has 3 aromatic rings. The van der Waals surface area contributed by atoms with Crippen molar-refractivity contribution in [3.8, 4) is 34.3 Å². The highest BCUT2D eigenvalue weighted by Gasteiger charge is 2.24. The van der Waals surface area contributed by atoms with Crippen LogP contribution < -0.4 is 24.3 Å². The fourth-order valence-corrected chi connectivity index (χ4v) is 3.67. The van der Waals surface area contributed by atoms with Crippen molar-refractivity contribution < 1.29 is 28.6 Å². The number of nitro benzene ring substituents is 1. The standard InChI is InChI=1S/C21H20N4O7/c1-28-5-4-24-16(13-2-3-17-18(6-13)30-11-29-17)10-23-21(24)22-9-14-7-19-20(32-12-31-19)8-15(14)25(26)27/h2-3,6-8,10H,4-5,9,11-12H2,1H3,(H,22,23). The summed E-state index contributed by atoms with van der Waals surface area (Å²) in [4.78, 5) is 15.6. The number of methoxy groups -OCH3 is 1. The molecule has 0 saturated heterocycles. The van der Waals surface area contributed by atoms with Gasteiger partial charge in [-0.05, 0) is 24.3 Å². The molecule has 0 atom stereocenters. The Morgan fingerprint density at radius 3 is 2.56 bits per heavy atom. The van der Waals surface area contributed by atoms with Gasteiger partial charge in [-0.1, -0.05) is 0 Å². The van der Waals surface area contributed by atoms with Crippen LogP contribution >= 0.6 is 0 Å². The summed E-state index contributed by atoms with van der Waals surface area (Å²) in [5.41, 5.74) is 2.17. The van der Waals surface area contributed by atoms with Crippen LogP contribution in [0.5, 0.6) is 23.0 Å². The van der Waals surface area contributed by atoms with Gasteiger partial charge in [-0.2, -0.15) is 0 Å². The number of ether oxygens (including phenoxy) is 5. The predicted octanol–water partition coefficient (Wildman–Crippen LogP) is 3.17. The van der Waals surface area contributed by atoms with Crippen molar-refractivity contribution in [1.82, 2.24) is 9.55 Å². The highest BCUT2D eigenvalue weighted by atomic mass is 16.7. The third-order valence-corrected chi connectivity index (χ3v) is 5.25. The van der Waals surface area contributed by atoms with Crippen LogP contribution in [0.3, 0.4) is 0 Å². The molecule has 1 N–H and O–H groups in total. The molecule has 0 unspecified atom stereocenters. The monoisotopic (exact) mass is 440 g/mol. The van der Waals surface area contributed by atoms with Gasteiger partial charge in [0, 0.05) is 25.8 Å². The summed E-state index contributed by atoms with van der Waals surface area (Å²) in [6.07, 6.45) is 1.74. The van der Waals surface area contributed by atoms with E-state index in [0.29, 0.717) is 47.7 Å². The molecule has 2 aliphatic heterocycles. The average molecular weight is 440 g/mol. The highest BCUT2D eigenvalue weighted by molar-refractivity contribution is 5.66. The van der Waals surface area contributed by atoms with Crippen molar-refractivity contribution in [1.29, 1.82) is 0 Å². The van der Waals surface area contributed by atoms with Crippen LogP contribution in [0.4, 0.5) is 11.6 Å². The lowest BCUT2D eigenvalue weighted by Crippen LogP contribution is -2.12. The predicted molar refractivity (Wildman–Crippen MR) is 112 cm³/mol. The maximum absolute atomic E-state index is 11.5. The van der Waals surface area contributed by atoms with E-state index in [1.807, 2.05) is 22.8 Å². The van der Waals surface area contributed by atoms with Crippen molar-refractivity contribution in [2.75, 3.05) is 32.6 Å². The Morgan fingerprint density at radius 2 is 1.81 bits per heavy atom. The molecule has 3 heterocycles. The number of hydrogen-bond donors (Lipinski definition) is 1. The van der Waals surface area contributed by atoms with E-state index in [0.717, 1.165) is 11.3 Å². The minimum atomic E-state index is -0.436. The molecular weight excluding hydrogens is 420 g/mol. The van der Waals surface area contributed by atoms with Gasteiger partial charge in [-0.15, -0.1) is 0 Å². The van der Waals surface area contributed by atoms with Crippen LogP contribution in [0.2, 0.25) is 0 Å². The Morgan fingerprint density at radius 1 is 1.09 bits per heavy atom. The van der Waals surface area contributed by atoms with Crippen LogP contribution in [0, 0.1) is 10.1 Å². The number of rotatable bonds is 8. The lowest BCUT2D eigenvalue weighted by Gasteiger charge is -2.13. The first kappa shape index (κ1) is 19.9. The first-order valence-corrected chi connectivity index (χ1v) is 9.89. The molecular formula is C21H20N4O7. The maximum atomic E-state index is 11.5. The van der Waals surface area contributed by atoms with Gasteiger partial charge in [0.15, 0.2) is 23.0 Å². The van der Waals surface area contributed by atoms with Crippen molar-refractivity contribution in [2.45, 2.75) is 13.1 Å². The number of anilines is 1. The summed E-state index contributed by atoms with van der Waals surface area (Å²) in [7, 11) is 1.63. The van der Waals surface area contributed by atoms with Crippen molar-refractivity contribution in [3.63, 3.8) is 0 Å². The third kappa shape index (κ3) is 3.62. The number of hydrogen-bond acceptors (Lipinski definition) is 9. The van der Waals surface area contributed by atoms with Gasteiger partial charge >= 0.3 is 0 Å². The van der Waals surface area contributed by atoms with Gasteiger partial charge in [-0.25, -0.2) is 4.98 Å². The molecule has 2 aliphatic rings. The highest BCUT2D eigenvalue weighted by Crippen LogP contribution is 2.39. The van der Waals surface area contributed by atoms with E-state index in [4.69, 9.17) is 23.7 Å². The number of nitrogens with one attached hydrogen (secondary N) is 1. The van der Waals surface area contributed by atoms with Crippen molar-refractivity contribution in [2.24, 2.45) is 0 Å². The molecule has 11 heteroatoms. The molecule has 0 spiro atoms. The van der Waals surface area contributed by atoms with Gasteiger partial charge in [0.2, 0.25) is 19.5 Å². The first-order valence-electron chi connectivity index (χ1n) is 9.89. The van der Waals surface area contributed by atoms with Gasteiger partial charge in [-0.3, -0.25) is 10.1 Å². The van der Waals surface area contributed by atoms with E-state index in [1.54, 1.807) is 19.4 Å². The van der Waals surface area contributed by atoms with E-state index in [2.05, 4.69) is 10.3 Å². The second kappa shape index (κ2) is 8.27. The molecule has 2 aromatic carbocycles. The molecule has 5 rings (SSSR count). The molecule has 1 aromatic heterocycles. The number of fused-ring (bicyclic) bond motifs is 2. The van der Waals surface area contributed by atoms with E-state index < -0.39 is 4.92 Å². The zero-order valence-electron chi connectivity index (χ0n) is 17.2. The van der Waals surface area contributed by atoms with Crippen LogP contribution in [-0.2, 0) is 17.8 Å². The van der Waals surface area contributed by atoms with Crippen molar-refractivity contribution in [3.05, 3.63) is 52.2 Å². The average Bonchev–Trinajstić information content (AvgIpc) is 3.53. The smallest absolute Gasteiger partial charge is 0.278 e. The molecule has 0 amide bonds. The summed E-state index contributed by atoms with van der Waals surface area (Å²) < 4.78 is 28.7. The molecule has 11 nitrogen and oxygen atoms in total. The Kier molecular flexibility index (Phi) is 5.15. The normalized spacial score (nSPS) is 13.4. The topological polar surface area (TPSA) is 119 Å². The summed E-state index contributed by atoms with van der Waals surface area (Å²) in [6.45, 7) is 1.42. The quantitative estimate of drug-likeness (QED) is 0.416. The summed E-state index contributed by atoms with van der Waals surface area (Å²) in [6, 6.07) is 8.69. The molecule has 0 aliphatic carbocycles.